The van der Waals surface area contributed by atoms with Gasteiger partial charge in [-0.05, 0) is 31.4 Å². The highest BCUT2D eigenvalue weighted by molar-refractivity contribution is 5.20. The van der Waals surface area contributed by atoms with Gasteiger partial charge in [-0.15, -0.1) is 0 Å². The maximum Gasteiger partial charge on any atom is 0.129 e. The van der Waals surface area contributed by atoms with E-state index in [1.807, 2.05) is 13.0 Å². The minimum Gasteiger partial charge on any atom is -0.372 e. The molecule has 0 fully saturated rings. The van der Waals surface area contributed by atoms with Crippen molar-refractivity contribution in [3.8, 4) is 0 Å². The van der Waals surface area contributed by atoms with Gasteiger partial charge in [0.1, 0.15) is 5.82 Å². The van der Waals surface area contributed by atoms with E-state index in [0.29, 0.717) is 24.6 Å². The first-order valence-electron chi connectivity index (χ1n) is 7.21. The number of hydrogen-bond acceptors (Lipinski definition) is 2. The lowest BCUT2D eigenvalue weighted by Gasteiger charge is -2.19. The van der Waals surface area contributed by atoms with Gasteiger partial charge in [-0.25, -0.2) is 4.39 Å². The van der Waals surface area contributed by atoms with Crippen LogP contribution in [-0.2, 0) is 4.74 Å². The van der Waals surface area contributed by atoms with E-state index >= 15 is 0 Å². The molecule has 1 atom stereocenters. The van der Waals surface area contributed by atoms with Crippen LogP contribution in [0.5, 0.6) is 0 Å². The third-order valence-corrected chi connectivity index (χ3v) is 3.08. The van der Waals surface area contributed by atoms with E-state index in [1.165, 1.54) is 6.07 Å². The van der Waals surface area contributed by atoms with Crippen LogP contribution >= 0.6 is 0 Å². The van der Waals surface area contributed by atoms with Crippen molar-refractivity contribution in [1.29, 1.82) is 0 Å². The first kappa shape index (κ1) is 16.1. The number of ether oxygens (including phenoxy) is 1. The van der Waals surface area contributed by atoms with Gasteiger partial charge in [0, 0.05) is 18.7 Å². The zero-order valence-corrected chi connectivity index (χ0v) is 12.3. The molecule has 1 unspecified atom stereocenters. The van der Waals surface area contributed by atoms with Crippen molar-refractivity contribution in [3.05, 3.63) is 35.6 Å². The van der Waals surface area contributed by atoms with Crippen molar-refractivity contribution < 1.29 is 9.13 Å². The van der Waals surface area contributed by atoms with Gasteiger partial charge in [-0.3, -0.25) is 0 Å². The molecule has 3 heteroatoms. The molecule has 1 aromatic carbocycles. The molecule has 108 valence electrons. The van der Waals surface area contributed by atoms with Crippen molar-refractivity contribution in [2.24, 2.45) is 5.92 Å². The minimum absolute atomic E-state index is 0.186. The molecule has 0 radical (unpaired) electrons. The molecular formula is C16H26FNO. The Hall–Kier alpha value is -0.930. The van der Waals surface area contributed by atoms with E-state index in [9.17, 15) is 4.39 Å². The first-order chi connectivity index (χ1) is 9.15. The summed E-state index contributed by atoms with van der Waals surface area (Å²) < 4.78 is 19.7. The van der Waals surface area contributed by atoms with Gasteiger partial charge in [0.15, 0.2) is 0 Å². The van der Waals surface area contributed by atoms with Crippen LogP contribution in [0.4, 0.5) is 4.39 Å². The highest BCUT2D eigenvalue weighted by Crippen LogP contribution is 2.20. The van der Waals surface area contributed by atoms with Crippen molar-refractivity contribution in [2.45, 2.75) is 39.7 Å². The summed E-state index contributed by atoms with van der Waals surface area (Å²) in [7, 11) is 0. The van der Waals surface area contributed by atoms with Crippen LogP contribution in [0, 0.1) is 11.7 Å². The molecule has 0 aliphatic rings. The second-order valence-corrected chi connectivity index (χ2v) is 5.22. The Morgan fingerprint density at radius 3 is 2.63 bits per heavy atom. The summed E-state index contributed by atoms with van der Waals surface area (Å²) >= 11 is 0. The van der Waals surface area contributed by atoms with Crippen LogP contribution in [0.3, 0.4) is 0 Å². The fourth-order valence-corrected chi connectivity index (χ4v) is 1.99. The monoisotopic (exact) mass is 267 g/mol. The van der Waals surface area contributed by atoms with Gasteiger partial charge < -0.3 is 10.1 Å². The van der Waals surface area contributed by atoms with Crippen LogP contribution in [0.2, 0.25) is 0 Å². The van der Waals surface area contributed by atoms with Crippen molar-refractivity contribution in [3.63, 3.8) is 0 Å². The van der Waals surface area contributed by atoms with Crippen LogP contribution in [0.25, 0.3) is 0 Å². The standard InChI is InChI=1S/C16H26FNO/c1-4-18-12-16(19-11-7-8-13(2)3)14-9-5-6-10-15(14)17/h5-6,9-10,13,16,18H,4,7-8,11-12H2,1-3H3. The summed E-state index contributed by atoms with van der Waals surface area (Å²) in [5.41, 5.74) is 0.646. The number of rotatable bonds is 9. The Kier molecular flexibility index (Phi) is 7.68. The van der Waals surface area contributed by atoms with Gasteiger partial charge in [0.25, 0.3) is 0 Å². The quantitative estimate of drug-likeness (QED) is 0.684. The molecule has 0 heterocycles. The zero-order chi connectivity index (χ0) is 14.1. The van der Waals surface area contributed by atoms with Crippen LogP contribution in [0.1, 0.15) is 45.3 Å². The highest BCUT2D eigenvalue weighted by atomic mass is 19.1. The average Bonchev–Trinajstić information content (AvgIpc) is 2.39. The first-order valence-corrected chi connectivity index (χ1v) is 7.21. The Bertz CT molecular complexity index is 354. The van der Waals surface area contributed by atoms with Gasteiger partial charge in [0.05, 0.1) is 6.10 Å². The number of nitrogens with one attached hydrogen (secondary N) is 1. The molecule has 0 aliphatic heterocycles. The van der Waals surface area contributed by atoms with Crippen molar-refractivity contribution in [1.82, 2.24) is 5.32 Å². The second-order valence-electron chi connectivity index (χ2n) is 5.22. The van der Waals surface area contributed by atoms with Crippen molar-refractivity contribution >= 4 is 0 Å². The maximum absolute atomic E-state index is 13.8. The molecule has 19 heavy (non-hydrogen) atoms. The third-order valence-electron chi connectivity index (χ3n) is 3.08. The molecule has 1 rings (SSSR count). The summed E-state index contributed by atoms with van der Waals surface area (Å²) in [6.07, 6.45) is 1.97. The Balaban J connectivity index is 2.54. The van der Waals surface area contributed by atoms with Gasteiger partial charge in [-0.2, -0.15) is 0 Å². The van der Waals surface area contributed by atoms with E-state index in [1.54, 1.807) is 12.1 Å². The fraction of sp³-hybridized carbons (Fsp3) is 0.625. The summed E-state index contributed by atoms with van der Waals surface area (Å²) in [5, 5.41) is 3.23. The number of benzene rings is 1. The van der Waals surface area contributed by atoms with Crippen LogP contribution in [-0.4, -0.2) is 19.7 Å². The zero-order valence-electron chi connectivity index (χ0n) is 12.3. The predicted molar refractivity (Wildman–Crippen MR) is 77.7 cm³/mol. The number of halogens is 1. The SMILES string of the molecule is CCNCC(OCCCC(C)C)c1ccccc1F. The smallest absolute Gasteiger partial charge is 0.129 e. The molecule has 0 aromatic heterocycles. The van der Waals surface area contributed by atoms with Crippen molar-refractivity contribution in [2.75, 3.05) is 19.7 Å². The molecule has 0 amide bonds. The molecule has 0 saturated heterocycles. The molecule has 0 saturated carbocycles. The average molecular weight is 267 g/mol. The normalized spacial score (nSPS) is 12.9. The summed E-state index contributed by atoms with van der Waals surface area (Å²) in [4.78, 5) is 0. The summed E-state index contributed by atoms with van der Waals surface area (Å²) in [6.45, 7) is 8.64. The summed E-state index contributed by atoms with van der Waals surface area (Å²) in [5.74, 6) is 0.499. The minimum atomic E-state index is -0.201. The van der Waals surface area contributed by atoms with Gasteiger partial charge >= 0.3 is 0 Å². The van der Waals surface area contributed by atoms with E-state index in [2.05, 4.69) is 19.2 Å². The van der Waals surface area contributed by atoms with Gasteiger partial charge in [-0.1, -0.05) is 39.0 Å². The molecular weight excluding hydrogens is 241 g/mol. The Morgan fingerprint density at radius 1 is 1.26 bits per heavy atom. The van der Waals surface area contributed by atoms with E-state index in [0.717, 1.165) is 19.4 Å². The van der Waals surface area contributed by atoms with E-state index in [-0.39, 0.29) is 11.9 Å². The molecule has 0 aliphatic carbocycles. The van der Waals surface area contributed by atoms with Crippen LogP contribution < -0.4 is 5.32 Å². The van der Waals surface area contributed by atoms with E-state index in [4.69, 9.17) is 4.74 Å². The maximum atomic E-state index is 13.8. The Morgan fingerprint density at radius 2 is 2.00 bits per heavy atom. The Labute approximate surface area is 116 Å². The molecule has 2 nitrogen and oxygen atoms in total. The largest absolute Gasteiger partial charge is 0.372 e. The molecule has 0 bridgehead atoms. The third kappa shape index (κ3) is 6.17. The molecule has 1 aromatic rings. The lowest BCUT2D eigenvalue weighted by Crippen LogP contribution is -2.24. The molecule has 1 N–H and O–H groups in total. The highest BCUT2D eigenvalue weighted by Gasteiger charge is 2.15. The molecule has 0 spiro atoms. The van der Waals surface area contributed by atoms with Gasteiger partial charge in [0.2, 0.25) is 0 Å². The second kappa shape index (κ2) is 9.05. The topological polar surface area (TPSA) is 21.3 Å². The lowest BCUT2D eigenvalue weighted by molar-refractivity contribution is 0.0467. The van der Waals surface area contributed by atoms with E-state index < -0.39 is 0 Å². The fourth-order valence-electron chi connectivity index (χ4n) is 1.99. The number of likely N-dealkylation sites (N-methyl/N-ethyl adjacent to an activating group) is 1. The summed E-state index contributed by atoms with van der Waals surface area (Å²) in [6, 6.07) is 6.86. The number of hydrogen-bond donors (Lipinski definition) is 1. The van der Waals surface area contributed by atoms with Crippen LogP contribution in [0.15, 0.2) is 24.3 Å². The predicted octanol–water partition coefficient (Wildman–Crippen LogP) is 3.93. The lowest BCUT2D eigenvalue weighted by atomic mass is 10.1.